The Hall–Kier alpha value is -1.85. The fourth-order valence-corrected chi connectivity index (χ4v) is 0.913. The van der Waals surface area contributed by atoms with Gasteiger partial charge in [0.2, 0.25) is 0 Å². The lowest BCUT2D eigenvalue weighted by atomic mass is 10.2. The number of aliphatic carboxylic acids is 1. The first-order valence-electron chi connectivity index (χ1n) is 4.02. The SMILES string of the molecule is CC(C(=O)O)N(C)C(=O)c1cn[nH]c1. The Balaban J connectivity index is 2.76. The van der Waals surface area contributed by atoms with Crippen LogP contribution < -0.4 is 0 Å². The summed E-state index contributed by atoms with van der Waals surface area (Å²) in [5.74, 6) is -1.40. The van der Waals surface area contributed by atoms with E-state index < -0.39 is 12.0 Å². The lowest BCUT2D eigenvalue weighted by molar-refractivity contribution is -0.141. The van der Waals surface area contributed by atoms with E-state index >= 15 is 0 Å². The van der Waals surface area contributed by atoms with Gasteiger partial charge < -0.3 is 10.0 Å². The van der Waals surface area contributed by atoms with E-state index in [1.54, 1.807) is 0 Å². The Bertz CT molecular complexity index is 334. The largest absolute Gasteiger partial charge is 0.480 e. The number of likely N-dealkylation sites (N-methyl/N-ethyl adjacent to an activating group) is 1. The van der Waals surface area contributed by atoms with Gasteiger partial charge in [0.25, 0.3) is 5.91 Å². The first-order chi connectivity index (χ1) is 6.54. The van der Waals surface area contributed by atoms with Gasteiger partial charge in [-0.25, -0.2) is 4.79 Å². The highest BCUT2D eigenvalue weighted by molar-refractivity contribution is 5.95. The monoisotopic (exact) mass is 197 g/mol. The van der Waals surface area contributed by atoms with E-state index in [0.717, 1.165) is 4.90 Å². The average molecular weight is 197 g/mol. The fraction of sp³-hybridized carbons (Fsp3) is 0.375. The van der Waals surface area contributed by atoms with Gasteiger partial charge in [0.1, 0.15) is 6.04 Å². The molecule has 0 fully saturated rings. The first kappa shape index (κ1) is 10.2. The highest BCUT2D eigenvalue weighted by atomic mass is 16.4. The number of hydrogen-bond acceptors (Lipinski definition) is 3. The number of rotatable bonds is 3. The van der Waals surface area contributed by atoms with E-state index in [1.165, 1.54) is 26.4 Å². The molecule has 1 amide bonds. The van der Waals surface area contributed by atoms with Crippen LogP contribution in [0, 0.1) is 0 Å². The quantitative estimate of drug-likeness (QED) is 0.711. The molecule has 0 spiro atoms. The molecule has 1 aromatic rings. The van der Waals surface area contributed by atoms with Gasteiger partial charge in [-0.05, 0) is 6.92 Å². The second-order valence-corrected chi connectivity index (χ2v) is 2.92. The summed E-state index contributed by atoms with van der Waals surface area (Å²) in [4.78, 5) is 23.3. The molecule has 0 radical (unpaired) electrons. The predicted molar refractivity (Wildman–Crippen MR) is 47.8 cm³/mol. The molecule has 0 aliphatic carbocycles. The third-order valence-corrected chi connectivity index (χ3v) is 2.00. The number of carboxylic acid groups (broad SMARTS) is 1. The van der Waals surface area contributed by atoms with E-state index in [-0.39, 0.29) is 5.91 Å². The number of aromatic amines is 1. The van der Waals surface area contributed by atoms with Crippen molar-refractivity contribution in [1.29, 1.82) is 0 Å². The van der Waals surface area contributed by atoms with Crippen LogP contribution in [0.15, 0.2) is 12.4 Å². The van der Waals surface area contributed by atoms with E-state index in [2.05, 4.69) is 10.2 Å². The lowest BCUT2D eigenvalue weighted by Gasteiger charge is -2.20. The molecule has 0 aliphatic heterocycles. The summed E-state index contributed by atoms with van der Waals surface area (Å²) < 4.78 is 0. The zero-order valence-electron chi connectivity index (χ0n) is 7.89. The number of H-pyrrole nitrogens is 1. The summed E-state index contributed by atoms with van der Waals surface area (Å²) in [5.41, 5.74) is 0.348. The molecule has 1 rings (SSSR count). The predicted octanol–water partition coefficient (Wildman–Crippen LogP) is -0.0452. The Labute approximate surface area is 80.5 Å². The number of aromatic nitrogens is 2. The molecule has 1 heterocycles. The van der Waals surface area contributed by atoms with Crippen LogP contribution in [0.25, 0.3) is 0 Å². The van der Waals surface area contributed by atoms with Crippen molar-refractivity contribution in [3.63, 3.8) is 0 Å². The van der Waals surface area contributed by atoms with Crippen LogP contribution in [0.1, 0.15) is 17.3 Å². The highest BCUT2D eigenvalue weighted by Crippen LogP contribution is 2.04. The first-order valence-corrected chi connectivity index (χ1v) is 4.02. The molecule has 0 saturated carbocycles. The Kier molecular flexibility index (Phi) is 2.85. The summed E-state index contributed by atoms with van der Waals surface area (Å²) in [6, 6.07) is -0.850. The van der Waals surface area contributed by atoms with Gasteiger partial charge in [-0.3, -0.25) is 9.89 Å². The van der Waals surface area contributed by atoms with Crippen LogP contribution >= 0.6 is 0 Å². The van der Waals surface area contributed by atoms with Gasteiger partial charge in [-0.1, -0.05) is 0 Å². The molecule has 1 atom stereocenters. The number of nitrogens with one attached hydrogen (secondary N) is 1. The van der Waals surface area contributed by atoms with Gasteiger partial charge in [0.15, 0.2) is 0 Å². The van der Waals surface area contributed by atoms with Crippen molar-refractivity contribution in [2.24, 2.45) is 0 Å². The molecule has 0 bridgehead atoms. The third kappa shape index (κ3) is 1.90. The van der Waals surface area contributed by atoms with Crippen LogP contribution in [0.4, 0.5) is 0 Å². The molecule has 0 saturated heterocycles. The molecular weight excluding hydrogens is 186 g/mol. The number of amides is 1. The Morgan fingerprint density at radius 3 is 2.71 bits per heavy atom. The summed E-state index contributed by atoms with van der Waals surface area (Å²) >= 11 is 0. The van der Waals surface area contributed by atoms with E-state index in [9.17, 15) is 9.59 Å². The molecule has 6 nitrogen and oxygen atoms in total. The molecule has 1 unspecified atom stereocenters. The number of carbonyl (C=O) groups is 2. The summed E-state index contributed by atoms with van der Waals surface area (Å²) in [6.45, 7) is 1.44. The topological polar surface area (TPSA) is 86.3 Å². The van der Waals surface area contributed by atoms with E-state index in [0.29, 0.717) is 5.56 Å². The summed E-state index contributed by atoms with van der Waals surface area (Å²) in [6.07, 6.45) is 2.78. The van der Waals surface area contributed by atoms with Crippen molar-refractivity contribution in [2.75, 3.05) is 7.05 Å². The minimum Gasteiger partial charge on any atom is -0.480 e. The zero-order valence-corrected chi connectivity index (χ0v) is 7.89. The second kappa shape index (κ2) is 3.91. The molecule has 0 aliphatic rings. The Morgan fingerprint density at radius 1 is 1.64 bits per heavy atom. The number of carboxylic acids is 1. The van der Waals surface area contributed by atoms with Gasteiger partial charge in [-0.2, -0.15) is 5.10 Å². The van der Waals surface area contributed by atoms with Crippen molar-refractivity contribution in [2.45, 2.75) is 13.0 Å². The van der Waals surface area contributed by atoms with Crippen molar-refractivity contribution in [3.05, 3.63) is 18.0 Å². The number of nitrogens with zero attached hydrogens (tertiary/aromatic N) is 2. The third-order valence-electron chi connectivity index (χ3n) is 2.00. The second-order valence-electron chi connectivity index (χ2n) is 2.92. The summed E-state index contributed by atoms with van der Waals surface area (Å²) in [5, 5.41) is 14.8. The maximum atomic E-state index is 11.6. The molecule has 14 heavy (non-hydrogen) atoms. The van der Waals surface area contributed by atoms with Crippen molar-refractivity contribution >= 4 is 11.9 Å². The van der Waals surface area contributed by atoms with Crippen molar-refractivity contribution < 1.29 is 14.7 Å². The molecule has 1 aromatic heterocycles. The smallest absolute Gasteiger partial charge is 0.326 e. The standard InChI is InChI=1S/C8H11N3O3/c1-5(8(13)14)11(2)7(12)6-3-9-10-4-6/h3-5H,1-2H3,(H,9,10)(H,13,14). The fourth-order valence-electron chi connectivity index (χ4n) is 0.913. The van der Waals surface area contributed by atoms with Gasteiger partial charge in [-0.15, -0.1) is 0 Å². The lowest BCUT2D eigenvalue weighted by Crippen LogP contribution is -2.40. The highest BCUT2D eigenvalue weighted by Gasteiger charge is 2.22. The van der Waals surface area contributed by atoms with Crippen LogP contribution in [-0.4, -0.2) is 45.2 Å². The maximum absolute atomic E-state index is 11.6. The van der Waals surface area contributed by atoms with Gasteiger partial charge in [0.05, 0.1) is 11.8 Å². The molecule has 6 heteroatoms. The number of carbonyl (C=O) groups excluding carboxylic acids is 1. The van der Waals surface area contributed by atoms with Crippen LogP contribution in [-0.2, 0) is 4.79 Å². The van der Waals surface area contributed by atoms with Gasteiger partial charge >= 0.3 is 5.97 Å². The average Bonchev–Trinajstić information content (AvgIpc) is 2.67. The van der Waals surface area contributed by atoms with Crippen LogP contribution in [0.5, 0.6) is 0 Å². The normalized spacial score (nSPS) is 12.1. The Morgan fingerprint density at radius 2 is 2.29 bits per heavy atom. The van der Waals surface area contributed by atoms with Crippen molar-refractivity contribution in [3.8, 4) is 0 Å². The van der Waals surface area contributed by atoms with Crippen LogP contribution in [0.3, 0.4) is 0 Å². The minimum absolute atomic E-state index is 0.348. The summed E-state index contributed by atoms with van der Waals surface area (Å²) in [7, 11) is 1.44. The minimum atomic E-state index is -1.04. The van der Waals surface area contributed by atoms with Crippen molar-refractivity contribution in [1.82, 2.24) is 15.1 Å². The van der Waals surface area contributed by atoms with E-state index in [4.69, 9.17) is 5.11 Å². The zero-order chi connectivity index (χ0) is 10.7. The molecule has 0 aromatic carbocycles. The molecule has 76 valence electrons. The van der Waals surface area contributed by atoms with E-state index in [1.807, 2.05) is 0 Å². The van der Waals surface area contributed by atoms with Crippen LogP contribution in [0.2, 0.25) is 0 Å². The molecule has 2 N–H and O–H groups in total. The van der Waals surface area contributed by atoms with Gasteiger partial charge in [0, 0.05) is 13.2 Å². The number of hydrogen-bond donors (Lipinski definition) is 2. The maximum Gasteiger partial charge on any atom is 0.326 e. The molecular formula is C8H11N3O3.